The molecule has 2 unspecified atom stereocenters. The monoisotopic (exact) mass is 293 g/mol. The second-order valence-electron chi connectivity index (χ2n) is 5.34. The zero-order valence-electron chi connectivity index (χ0n) is 13.0. The number of phenolic OH excluding ortho intramolecular Hbond substituents is 1. The Labute approximate surface area is 125 Å². The average Bonchev–Trinajstić information content (AvgIpc) is 2.93. The van der Waals surface area contributed by atoms with Gasteiger partial charge in [0.25, 0.3) is 0 Å². The molecule has 1 aliphatic rings. The van der Waals surface area contributed by atoms with Crippen molar-refractivity contribution < 1.29 is 19.4 Å². The lowest BCUT2D eigenvalue weighted by atomic mass is 9.87. The Bertz CT molecular complexity index is 542. The van der Waals surface area contributed by atoms with Crippen molar-refractivity contribution in [3.05, 3.63) is 17.2 Å². The number of Topliss-reactive ketones (excluding diaryl/α,β-unsaturated/α-hetero) is 1. The van der Waals surface area contributed by atoms with E-state index < -0.39 is 0 Å². The van der Waals surface area contributed by atoms with Crippen molar-refractivity contribution in [1.82, 2.24) is 5.32 Å². The van der Waals surface area contributed by atoms with Crippen LogP contribution in [-0.4, -0.2) is 37.7 Å². The maximum Gasteiger partial charge on any atom is 0.167 e. The van der Waals surface area contributed by atoms with Crippen molar-refractivity contribution in [2.75, 3.05) is 20.8 Å². The Morgan fingerprint density at radius 1 is 1.38 bits per heavy atom. The number of ether oxygens (including phenoxy) is 2. The van der Waals surface area contributed by atoms with Crippen molar-refractivity contribution in [3.63, 3.8) is 0 Å². The largest absolute Gasteiger partial charge is 0.507 e. The Balaban J connectivity index is 2.63. The van der Waals surface area contributed by atoms with E-state index in [-0.39, 0.29) is 29.1 Å². The number of benzene rings is 1. The van der Waals surface area contributed by atoms with Gasteiger partial charge in [-0.25, -0.2) is 0 Å². The number of hydrogen-bond donors (Lipinski definition) is 2. The van der Waals surface area contributed by atoms with Gasteiger partial charge < -0.3 is 19.9 Å². The van der Waals surface area contributed by atoms with Crippen LogP contribution in [0.15, 0.2) is 6.07 Å². The number of phenols is 1. The molecule has 2 N–H and O–H groups in total. The van der Waals surface area contributed by atoms with Crippen molar-refractivity contribution in [1.29, 1.82) is 0 Å². The molecule has 5 heteroatoms. The summed E-state index contributed by atoms with van der Waals surface area (Å²) in [6.45, 7) is 4.43. The maximum absolute atomic E-state index is 11.9. The van der Waals surface area contributed by atoms with Gasteiger partial charge in [-0.15, -0.1) is 0 Å². The summed E-state index contributed by atoms with van der Waals surface area (Å²) in [5.74, 6) is 0.827. The number of carbonyl (C=O) groups is 1. The SMILES string of the molecule is CCC1NCCC1c1c(OC)cc(OC)c(C(C)=O)c1O. The van der Waals surface area contributed by atoms with Crippen molar-refractivity contribution in [3.8, 4) is 17.2 Å². The molecule has 0 radical (unpaired) electrons. The summed E-state index contributed by atoms with van der Waals surface area (Å²) in [5, 5.41) is 14.1. The van der Waals surface area contributed by atoms with Gasteiger partial charge in [0.1, 0.15) is 22.8 Å². The van der Waals surface area contributed by atoms with E-state index in [1.165, 1.54) is 14.0 Å². The maximum atomic E-state index is 11.9. The fourth-order valence-electron chi connectivity index (χ4n) is 3.21. The molecule has 1 aromatic rings. The first-order valence-corrected chi connectivity index (χ1v) is 7.27. The molecule has 1 fully saturated rings. The van der Waals surface area contributed by atoms with Crippen LogP contribution in [-0.2, 0) is 0 Å². The topological polar surface area (TPSA) is 67.8 Å². The number of hydrogen-bond acceptors (Lipinski definition) is 5. The van der Waals surface area contributed by atoms with Gasteiger partial charge in [0.05, 0.1) is 14.2 Å². The van der Waals surface area contributed by atoms with Crippen molar-refractivity contribution in [2.24, 2.45) is 0 Å². The smallest absolute Gasteiger partial charge is 0.167 e. The molecule has 0 aliphatic carbocycles. The van der Waals surface area contributed by atoms with Gasteiger partial charge in [-0.1, -0.05) is 6.92 Å². The number of carbonyl (C=O) groups excluding carboxylic acids is 1. The first-order chi connectivity index (χ1) is 10.0. The Morgan fingerprint density at radius 2 is 2.05 bits per heavy atom. The lowest BCUT2D eigenvalue weighted by Crippen LogP contribution is -2.25. The predicted octanol–water partition coefficient (Wildman–Crippen LogP) is 2.47. The third kappa shape index (κ3) is 2.70. The molecular weight excluding hydrogens is 270 g/mol. The van der Waals surface area contributed by atoms with Crippen molar-refractivity contribution in [2.45, 2.75) is 38.6 Å². The molecule has 0 amide bonds. The molecule has 1 aliphatic heterocycles. The molecule has 21 heavy (non-hydrogen) atoms. The molecule has 1 heterocycles. The molecule has 0 spiro atoms. The predicted molar refractivity (Wildman–Crippen MR) is 80.7 cm³/mol. The fourth-order valence-corrected chi connectivity index (χ4v) is 3.21. The lowest BCUT2D eigenvalue weighted by molar-refractivity contribution is 0.101. The highest BCUT2D eigenvalue weighted by molar-refractivity contribution is 6.00. The van der Waals surface area contributed by atoms with Crippen LogP contribution < -0.4 is 14.8 Å². The lowest BCUT2D eigenvalue weighted by Gasteiger charge is -2.24. The van der Waals surface area contributed by atoms with Crippen LogP contribution in [0, 0.1) is 0 Å². The third-order valence-electron chi connectivity index (χ3n) is 4.22. The highest BCUT2D eigenvalue weighted by atomic mass is 16.5. The summed E-state index contributed by atoms with van der Waals surface area (Å²) in [6.07, 6.45) is 1.86. The van der Waals surface area contributed by atoms with Crippen LogP contribution in [0.1, 0.15) is 48.5 Å². The molecule has 116 valence electrons. The van der Waals surface area contributed by atoms with Gasteiger partial charge in [0, 0.05) is 23.6 Å². The van der Waals surface area contributed by atoms with Gasteiger partial charge in [0.2, 0.25) is 0 Å². The van der Waals surface area contributed by atoms with Crippen LogP contribution in [0.5, 0.6) is 17.2 Å². The van der Waals surface area contributed by atoms with E-state index >= 15 is 0 Å². The fraction of sp³-hybridized carbons (Fsp3) is 0.562. The first kappa shape index (κ1) is 15.6. The highest BCUT2D eigenvalue weighted by Gasteiger charge is 2.34. The summed E-state index contributed by atoms with van der Waals surface area (Å²) in [6, 6.07) is 1.97. The van der Waals surface area contributed by atoms with Gasteiger partial charge in [-0.3, -0.25) is 4.79 Å². The van der Waals surface area contributed by atoms with E-state index in [9.17, 15) is 9.90 Å². The quantitative estimate of drug-likeness (QED) is 0.816. The van der Waals surface area contributed by atoms with E-state index in [2.05, 4.69) is 12.2 Å². The average molecular weight is 293 g/mol. The summed E-state index contributed by atoms with van der Waals surface area (Å²) < 4.78 is 10.7. The number of ketones is 1. The van der Waals surface area contributed by atoms with Crippen LogP contribution >= 0.6 is 0 Å². The second kappa shape index (κ2) is 6.35. The summed E-state index contributed by atoms with van der Waals surface area (Å²) in [5.41, 5.74) is 0.940. The Hall–Kier alpha value is -1.75. The second-order valence-corrected chi connectivity index (χ2v) is 5.34. The summed E-state index contributed by atoms with van der Waals surface area (Å²) in [4.78, 5) is 11.9. The van der Waals surface area contributed by atoms with Gasteiger partial charge in [-0.2, -0.15) is 0 Å². The minimum absolute atomic E-state index is 0.00847. The molecule has 0 saturated carbocycles. The number of nitrogens with one attached hydrogen (secondary N) is 1. The van der Waals surface area contributed by atoms with Gasteiger partial charge in [0.15, 0.2) is 5.78 Å². The molecular formula is C16H23NO4. The first-order valence-electron chi connectivity index (χ1n) is 7.27. The molecule has 2 atom stereocenters. The molecule has 2 rings (SSSR count). The standard InChI is InChI=1S/C16H23NO4/c1-5-11-10(6-7-17-11)15-13(21-4)8-12(20-3)14(9(2)18)16(15)19/h8,10-11,17,19H,5-7H2,1-4H3. The van der Waals surface area contributed by atoms with E-state index in [1.807, 2.05) is 0 Å². The minimum Gasteiger partial charge on any atom is -0.507 e. The van der Waals surface area contributed by atoms with Gasteiger partial charge >= 0.3 is 0 Å². The Morgan fingerprint density at radius 3 is 2.57 bits per heavy atom. The van der Waals surface area contributed by atoms with E-state index in [4.69, 9.17) is 9.47 Å². The zero-order chi connectivity index (χ0) is 15.6. The number of methoxy groups -OCH3 is 2. The van der Waals surface area contributed by atoms with Crippen LogP contribution in [0.4, 0.5) is 0 Å². The molecule has 1 saturated heterocycles. The number of aromatic hydroxyl groups is 1. The normalized spacial score (nSPS) is 21.3. The van der Waals surface area contributed by atoms with E-state index in [0.29, 0.717) is 17.1 Å². The Kier molecular flexibility index (Phi) is 4.73. The van der Waals surface area contributed by atoms with Crippen LogP contribution in [0.3, 0.4) is 0 Å². The number of rotatable bonds is 5. The molecule has 1 aromatic carbocycles. The third-order valence-corrected chi connectivity index (χ3v) is 4.22. The van der Waals surface area contributed by atoms with E-state index in [0.717, 1.165) is 19.4 Å². The molecule has 0 bridgehead atoms. The minimum atomic E-state index is -0.216. The van der Waals surface area contributed by atoms with Crippen LogP contribution in [0.2, 0.25) is 0 Å². The summed E-state index contributed by atoms with van der Waals surface area (Å²) >= 11 is 0. The molecule has 5 nitrogen and oxygen atoms in total. The van der Waals surface area contributed by atoms with Crippen molar-refractivity contribution >= 4 is 5.78 Å². The summed E-state index contributed by atoms with van der Waals surface area (Å²) in [7, 11) is 3.04. The zero-order valence-corrected chi connectivity index (χ0v) is 13.0. The van der Waals surface area contributed by atoms with E-state index in [1.54, 1.807) is 13.2 Å². The van der Waals surface area contributed by atoms with Crippen LogP contribution in [0.25, 0.3) is 0 Å². The molecule has 0 aromatic heterocycles. The van der Waals surface area contributed by atoms with Gasteiger partial charge in [-0.05, 0) is 26.3 Å². The highest BCUT2D eigenvalue weighted by Crippen LogP contribution is 2.46.